The summed E-state index contributed by atoms with van der Waals surface area (Å²) in [7, 11) is 0. The predicted octanol–water partition coefficient (Wildman–Crippen LogP) is 3.65. The standard InChI is InChI=1S/C20H23NO5S/c1-11-14(18(23)24)10-15(27-11)13-7-5-6-12(16(13)17(21)22)8-9-26-19(25)20(2,3)4/h5-7,10H,8-9H2,1-4H3,(H2,21,22)(H,23,24). The molecule has 6 nitrogen and oxygen atoms in total. The number of amides is 1. The van der Waals surface area contributed by atoms with Gasteiger partial charge >= 0.3 is 11.9 Å². The number of hydrogen-bond acceptors (Lipinski definition) is 5. The van der Waals surface area contributed by atoms with Crippen molar-refractivity contribution in [2.45, 2.75) is 34.1 Å². The first kappa shape index (κ1) is 20.6. The molecule has 1 aromatic heterocycles. The quantitative estimate of drug-likeness (QED) is 0.733. The van der Waals surface area contributed by atoms with Gasteiger partial charge in [0.25, 0.3) is 0 Å². The van der Waals surface area contributed by atoms with Crippen LogP contribution in [0, 0.1) is 12.3 Å². The summed E-state index contributed by atoms with van der Waals surface area (Å²) in [4.78, 5) is 36.6. The van der Waals surface area contributed by atoms with E-state index in [1.807, 2.05) is 0 Å². The van der Waals surface area contributed by atoms with Gasteiger partial charge in [-0.3, -0.25) is 9.59 Å². The number of ether oxygens (including phenoxy) is 1. The van der Waals surface area contributed by atoms with Crippen LogP contribution in [0.3, 0.4) is 0 Å². The van der Waals surface area contributed by atoms with Gasteiger partial charge in [-0.2, -0.15) is 0 Å². The number of nitrogens with two attached hydrogens (primary N) is 1. The van der Waals surface area contributed by atoms with Crippen LogP contribution in [0.2, 0.25) is 0 Å². The van der Waals surface area contributed by atoms with Crippen LogP contribution in [-0.4, -0.2) is 29.6 Å². The van der Waals surface area contributed by atoms with Crippen molar-refractivity contribution in [1.82, 2.24) is 0 Å². The van der Waals surface area contributed by atoms with E-state index < -0.39 is 17.3 Å². The van der Waals surface area contributed by atoms with Crippen LogP contribution in [0.5, 0.6) is 0 Å². The monoisotopic (exact) mass is 389 g/mol. The van der Waals surface area contributed by atoms with E-state index in [9.17, 15) is 19.5 Å². The highest BCUT2D eigenvalue weighted by atomic mass is 32.1. The minimum absolute atomic E-state index is 0.129. The Morgan fingerprint density at radius 3 is 2.41 bits per heavy atom. The summed E-state index contributed by atoms with van der Waals surface area (Å²) < 4.78 is 5.28. The Bertz CT molecular complexity index is 892. The topological polar surface area (TPSA) is 107 Å². The lowest BCUT2D eigenvalue weighted by Crippen LogP contribution is -2.24. The Labute approximate surface area is 162 Å². The van der Waals surface area contributed by atoms with Crippen LogP contribution in [0.15, 0.2) is 24.3 Å². The third kappa shape index (κ3) is 4.74. The van der Waals surface area contributed by atoms with Crippen molar-refractivity contribution < 1.29 is 24.2 Å². The molecule has 2 rings (SSSR count). The zero-order valence-electron chi connectivity index (χ0n) is 15.8. The third-order valence-electron chi connectivity index (χ3n) is 4.03. The summed E-state index contributed by atoms with van der Waals surface area (Å²) in [5.41, 5.74) is 6.77. The number of carbonyl (C=O) groups excluding carboxylic acids is 2. The van der Waals surface area contributed by atoms with Crippen LogP contribution in [0.1, 0.15) is 51.9 Å². The van der Waals surface area contributed by atoms with E-state index in [-0.39, 0.29) is 18.1 Å². The molecule has 0 unspecified atom stereocenters. The number of thiophene rings is 1. The number of primary amides is 1. The highest BCUT2D eigenvalue weighted by molar-refractivity contribution is 7.15. The van der Waals surface area contributed by atoms with Gasteiger partial charge in [-0.1, -0.05) is 18.2 Å². The molecule has 27 heavy (non-hydrogen) atoms. The van der Waals surface area contributed by atoms with Gasteiger partial charge in [0.2, 0.25) is 5.91 Å². The predicted molar refractivity (Wildman–Crippen MR) is 104 cm³/mol. The number of benzene rings is 1. The molecule has 0 radical (unpaired) electrons. The summed E-state index contributed by atoms with van der Waals surface area (Å²) in [6.45, 7) is 7.15. The summed E-state index contributed by atoms with van der Waals surface area (Å²) in [6.07, 6.45) is 0.337. The largest absolute Gasteiger partial charge is 0.478 e. The minimum atomic E-state index is -1.01. The normalized spacial score (nSPS) is 11.3. The molecule has 0 aliphatic carbocycles. The zero-order valence-corrected chi connectivity index (χ0v) is 16.6. The molecule has 0 fully saturated rings. The summed E-state index contributed by atoms with van der Waals surface area (Å²) in [5.74, 6) is -1.94. The molecule has 1 aromatic carbocycles. The Morgan fingerprint density at radius 1 is 1.22 bits per heavy atom. The maximum atomic E-state index is 12.1. The number of aryl methyl sites for hydroxylation is 1. The van der Waals surface area contributed by atoms with Crippen molar-refractivity contribution in [2.75, 3.05) is 6.61 Å². The van der Waals surface area contributed by atoms with E-state index in [0.29, 0.717) is 32.9 Å². The highest BCUT2D eigenvalue weighted by Crippen LogP contribution is 2.34. The smallest absolute Gasteiger partial charge is 0.336 e. The lowest BCUT2D eigenvalue weighted by atomic mass is 9.96. The summed E-state index contributed by atoms with van der Waals surface area (Å²) in [5, 5.41) is 9.26. The van der Waals surface area contributed by atoms with Gasteiger partial charge in [0.1, 0.15) is 0 Å². The van der Waals surface area contributed by atoms with Crippen LogP contribution in [-0.2, 0) is 16.0 Å². The molecule has 2 aromatic rings. The Balaban J connectivity index is 2.35. The second-order valence-corrected chi connectivity index (χ2v) is 8.48. The van der Waals surface area contributed by atoms with Crippen molar-refractivity contribution >= 4 is 29.2 Å². The third-order valence-corrected chi connectivity index (χ3v) is 5.11. The molecule has 1 amide bonds. The Hall–Kier alpha value is -2.67. The number of esters is 1. The highest BCUT2D eigenvalue weighted by Gasteiger charge is 2.23. The first-order valence-electron chi connectivity index (χ1n) is 8.45. The molecular weight excluding hydrogens is 366 g/mol. The van der Waals surface area contributed by atoms with Gasteiger partial charge in [-0.15, -0.1) is 11.3 Å². The van der Waals surface area contributed by atoms with E-state index in [4.69, 9.17) is 10.5 Å². The molecule has 3 N–H and O–H groups in total. The molecule has 0 atom stereocenters. The fraction of sp³-hybridized carbons (Fsp3) is 0.350. The van der Waals surface area contributed by atoms with Gasteiger partial charge in [0.15, 0.2) is 0 Å². The molecule has 0 saturated carbocycles. The van der Waals surface area contributed by atoms with Crippen LogP contribution < -0.4 is 5.73 Å². The van der Waals surface area contributed by atoms with Crippen molar-refractivity contribution in [1.29, 1.82) is 0 Å². The van der Waals surface area contributed by atoms with Gasteiger partial charge in [0, 0.05) is 21.7 Å². The van der Waals surface area contributed by atoms with E-state index in [2.05, 4.69) is 0 Å². The van der Waals surface area contributed by atoms with Gasteiger partial charge < -0.3 is 15.6 Å². The van der Waals surface area contributed by atoms with Gasteiger partial charge in [-0.05, 0) is 39.3 Å². The van der Waals surface area contributed by atoms with Crippen molar-refractivity contribution in [3.63, 3.8) is 0 Å². The summed E-state index contributed by atoms with van der Waals surface area (Å²) in [6, 6.07) is 6.82. The lowest BCUT2D eigenvalue weighted by Gasteiger charge is -2.17. The minimum Gasteiger partial charge on any atom is -0.478 e. The Morgan fingerprint density at radius 2 is 1.89 bits per heavy atom. The van der Waals surface area contributed by atoms with Crippen molar-refractivity contribution in [2.24, 2.45) is 11.1 Å². The number of carbonyl (C=O) groups is 3. The first-order valence-corrected chi connectivity index (χ1v) is 9.27. The number of hydrogen-bond donors (Lipinski definition) is 2. The average molecular weight is 389 g/mol. The van der Waals surface area contributed by atoms with Crippen LogP contribution >= 0.6 is 11.3 Å². The molecule has 0 bridgehead atoms. The second kappa shape index (κ2) is 7.92. The van der Waals surface area contributed by atoms with Crippen LogP contribution in [0.4, 0.5) is 0 Å². The molecule has 0 aliphatic rings. The molecule has 144 valence electrons. The van der Waals surface area contributed by atoms with E-state index in [0.717, 1.165) is 0 Å². The molecular formula is C20H23NO5S. The molecule has 7 heteroatoms. The maximum Gasteiger partial charge on any atom is 0.336 e. The van der Waals surface area contributed by atoms with Gasteiger partial charge in [0.05, 0.1) is 23.1 Å². The van der Waals surface area contributed by atoms with Gasteiger partial charge in [-0.25, -0.2) is 4.79 Å². The zero-order chi connectivity index (χ0) is 20.4. The average Bonchev–Trinajstić information content (AvgIpc) is 2.95. The first-order chi connectivity index (χ1) is 12.5. The number of rotatable bonds is 6. The van der Waals surface area contributed by atoms with E-state index in [1.54, 1.807) is 52.0 Å². The van der Waals surface area contributed by atoms with E-state index >= 15 is 0 Å². The fourth-order valence-corrected chi connectivity index (χ4v) is 3.65. The van der Waals surface area contributed by atoms with Crippen molar-refractivity contribution in [3.8, 4) is 10.4 Å². The fourth-order valence-electron chi connectivity index (χ4n) is 2.60. The maximum absolute atomic E-state index is 12.1. The summed E-state index contributed by atoms with van der Waals surface area (Å²) >= 11 is 1.29. The van der Waals surface area contributed by atoms with Crippen LogP contribution in [0.25, 0.3) is 10.4 Å². The lowest BCUT2D eigenvalue weighted by molar-refractivity contribution is -0.152. The number of carboxylic acid groups (broad SMARTS) is 1. The number of aromatic carboxylic acids is 1. The molecule has 0 spiro atoms. The molecule has 0 saturated heterocycles. The van der Waals surface area contributed by atoms with E-state index in [1.165, 1.54) is 11.3 Å². The SMILES string of the molecule is Cc1sc(-c2cccc(CCOC(=O)C(C)(C)C)c2C(N)=O)cc1C(=O)O. The molecule has 1 heterocycles. The molecule has 0 aliphatic heterocycles. The number of carboxylic acids is 1. The second-order valence-electron chi connectivity index (χ2n) is 7.23. The van der Waals surface area contributed by atoms with Crippen molar-refractivity contribution in [3.05, 3.63) is 45.8 Å². The Kier molecular flexibility index (Phi) is 6.05.